The van der Waals surface area contributed by atoms with E-state index in [1.807, 2.05) is 20.9 Å². The van der Waals surface area contributed by atoms with Gasteiger partial charge in [0.2, 0.25) is 0 Å². The summed E-state index contributed by atoms with van der Waals surface area (Å²) >= 11 is 17.9. The molecule has 2 rings (SSSR count). The average Bonchev–Trinajstić information content (AvgIpc) is 2.71. The predicted molar refractivity (Wildman–Crippen MR) is 92.9 cm³/mol. The zero-order chi connectivity index (χ0) is 17.3. The minimum absolute atomic E-state index is 0.285. The third-order valence-corrected chi connectivity index (χ3v) is 4.42. The molecule has 0 aliphatic heterocycles. The van der Waals surface area contributed by atoms with Gasteiger partial charge in [-0.25, -0.2) is 0 Å². The summed E-state index contributed by atoms with van der Waals surface area (Å²) in [6, 6.07) is 2.96. The van der Waals surface area contributed by atoms with Crippen molar-refractivity contribution in [1.82, 2.24) is 9.78 Å². The highest BCUT2D eigenvalue weighted by molar-refractivity contribution is 6.43. The van der Waals surface area contributed by atoms with Gasteiger partial charge in [0.15, 0.2) is 6.10 Å². The maximum absolute atomic E-state index is 12.3. The molecule has 0 unspecified atom stereocenters. The number of carbonyl (C=O) groups is 1. The zero-order valence-electron chi connectivity index (χ0n) is 13.1. The van der Waals surface area contributed by atoms with Gasteiger partial charge in [0, 0.05) is 13.1 Å². The van der Waals surface area contributed by atoms with Crippen LogP contribution in [0.1, 0.15) is 18.3 Å². The van der Waals surface area contributed by atoms with Gasteiger partial charge in [-0.15, -0.1) is 0 Å². The van der Waals surface area contributed by atoms with Gasteiger partial charge in [0.25, 0.3) is 5.91 Å². The van der Waals surface area contributed by atoms with E-state index in [9.17, 15) is 4.79 Å². The van der Waals surface area contributed by atoms with Crippen molar-refractivity contribution >= 4 is 46.4 Å². The SMILES string of the molecule is Cc1nn(C)c(C)c1NC(=O)[C@H](C)Oc1cc(Cl)c(Cl)cc1Cl. The van der Waals surface area contributed by atoms with Crippen molar-refractivity contribution < 1.29 is 9.53 Å². The van der Waals surface area contributed by atoms with Crippen molar-refractivity contribution in [2.45, 2.75) is 26.9 Å². The number of hydrogen-bond acceptors (Lipinski definition) is 3. The molecule has 8 heteroatoms. The van der Waals surface area contributed by atoms with E-state index in [0.29, 0.717) is 21.5 Å². The number of aryl methyl sites for hydroxylation is 2. The first-order valence-corrected chi connectivity index (χ1v) is 7.96. The average molecular weight is 377 g/mol. The molecule has 23 heavy (non-hydrogen) atoms. The molecule has 5 nitrogen and oxygen atoms in total. The Hall–Kier alpha value is -1.43. The number of nitrogens with zero attached hydrogens (tertiary/aromatic N) is 2. The van der Waals surface area contributed by atoms with Gasteiger partial charge >= 0.3 is 0 Å². The smallest absolute Gasteiger partial charge is 0.265 e. The highest BCUT2D eigenvalue weighted by Crippen LogP contribution is 2.34. The van der Waals surface area contributed by atoms with E-state index in [-0.39, 0.29) is 10.9 Å². The van der Waals surface area contributed by atoms with Gasteiger partial charge in [-0.2, -0.15) is 5.10 Å². The lowest BCUT2D eigenvalue weighted by Gasteiger charge is -2.16. The van der Waals surface area contributed by atoms with Gasteiger partial charge in [0.05, 0.1) is 32.1 Å². The summed E-state index contributed by atoms with van der Waals surface area (Å²) in [5.41, 5.74) is 2.27. The minimum atomic E-state index is -0.774. The Morgan fingerprint density at radius 3 is 2.39 bits per heavy atom. The molecule has 1 aromatic carbocycles. The van der Waals surface area contributed by atoms with Crippen molar-refractivity contribution in [2.75, 3.05) is 5.32 Å². The van der Waals surface area contributed by atoms with Gasteiger partial charge < -0.3 is 10.1 Å². The Balaban J connectivity index is 2.13. The standard InChI is InChI=1S/C15H16Cl3N3O2/c1-7-14(8(2)21(4)20-7)19-15(22)9(3)23-13-6-11(17)10(16)5-12(13)18/h5-6,9H,1-4H3,(H,19,22)/t9-/m0/s1. The van der Waals surface area contributed by atoms with Crippen LogP contribution in [0.5, 0.6) is 5.75 Å². The largest absolute Gasteiger partial charge is 0.479 e. The number of benzene rings is 1. The van der Waals surface area contributed by atoms with Crippen molar-refractivity contribution in [3.63, 3.8) is 0 Å². The quantitative estimate of drug-likeness (QED) is 0.804. The molecule has 0 saturated carbocycles. The molecular weight excluding hydrogens is 361 g/mol. The molecule has 1 amide bonds. The molecule has 1 heterocycles. The molecule has 1 atom stereocenters. The molecule has 0 spiro atoms. The fraction of sp³-hybridized carbons (Fsp3) is 0.333. The third kappa shape index (κ3) is 3.91. The molecule has 0 fully saturated rings. The van der Waals surface area contributed by atoms with Crippen LogP contribution >= 0.6 is 34.8 Å². The molecule has 0 bridgehead atoms. The van der Waals surface area contributed by atoms with Crippen LogP contribution in [-0.2, 0) is 11.8 Å². The van der Waals surface area contributed by atoms with Crippen LogP contribution in [0.2, 0.25) is 15.1 Å². The number of amides is 1. The van der Waals surface area contributed by atoms with E-state index in [2.05, 4.69) is 10.4 Å². The Bertz CT molecular complexity index is 759. The van der Waals surface area contributed by atoms with Crippen molar-refractivity contribution in [1.29, 1.82) is 0 Å². The van der Waals surface area contributed by atoms with E-state index < -0.39 is 6.10 Å². The van der Waals surface area contributed by atoms with E-state index in [0.717, 1.165) is 11.4 Å². The highest BCUT2D eigenvalue weighted by Gasteiger charge is 2.20. The predicted octanol–water partition coefficient (Wildman–Crippen LogP) is 4.40. The monoisotopic (exact) mass is 375 g/mol. The molecule has 1 aromatic heterocycles. The normalized spacial score (nSPS) is 12.1. The highest BCUT2D eigenvalue weighted by atomic mass is 35.5. The maximum atomic E-state index is 12.3. The van der Waals surface area contributed by atoms with E-state index in [4.69, 9.17) is 39.5 Å². The first-order valence-electron chi connectivity index (χ1n) is 6.83. The number of carbonyl (C=O) groups excluding carboxylic acids is 1. The lowest BCUT2D eigenvalue weighted by atomic mass is 10.2. The van der Waals surface area contributed by atoms with Crippen LogP contribution in [0.3, 0.4) is 0 Å². The number of nitrogens with one attached hydrogen (secondary N) is 1. The lowest BCUT2D eigenvalue weighted by Crippen LogP contribution is -2.30. The summed E-state index contributed by atoms with van der Waals surface area (Å²) in [6.07, 6.45) is -0.774. The molecule has 0 aliphatic rings. The Labute approximate surface area is 149 Å². The molecule has 0 aliphatic carbocycles. The topological polar surface area (TPSA) is 56.2 Å². The van der Waals surface area contributed by atoms with E-state index >= 15 is 0 Å². The number of hydrogen-bond donors (Lipinski definition) is 1. The van der Waals surface area contributed by atoms with Crippen LogP contribution < -0.4 is 10.1 Å². The van der Waals surface area contributed by atoms with Gasteiger partial charge in [-0.3, -0.25) is 9.48 Å². The Morgan fingerprint density at radius 2 is 1.83 bits per heavy atom. The minimum Gasteiger partial charge on any atom is -0.479 e. The first kappa shape index (κ1) is 17.9. The van der Waals surface area contributed by atoms with Gasteiger partial charge in [-0.05, 0) is 26.8 Å². The second-order valence-electron chi connectivity index (χ2n) is 5.12. The van der Waals surface area contributed by atoms with Gasteiger partial charge in [0.1, 0.15) is 5.75 Å². The lowest BCUT2D eigenvalue weighted by molar-refractivity contribution is -0.122. The van der Waals surface area contributed by atoms with Crippen LogP contribution in [0.4, 0.5) is 5.69 Å². The Morgan fingerprint density at radius 1 is 1.22 bits per heavy atom. The number of rotatable bonds is 4. The fourth-order valence-corrected chi connectivity index (χ4v) is 2.60. The zero-order valence-corrected chi connectivity index (χ0v) is 15.3. The summed E-state index contributed by atoms with van der Waals surface area (Å²) < 4.78 is 7.29. The summed E-state index contributed by atoms with van der Waals surface area (Å²) in [7, 11) is 1.81. The van der Waals surface area contributed by atoms with Gasteiger partial charge in [-0.1, -0.05) is 34.8 Å². The van der Waals surface area contributed by atoms with E-state index in [1.165, 1.54) is 12.1 Å². The van der Waals surface area contributed by atoms with E-state index in [1.54, 1.807) is 11.6 Å². The number of anilines is 1. The Kier molecular flexibility index (Phi) is 5.45. The first-order chi connectivity index (χ1) is 10.7. The molecule has 2 aromatic rings. The summed E-state index contributed by atoms with van der Waals surface area (Å²) in [5.74, 6) is -0.0188. The van der Waals surface area contributed by atoms with Crippen molar-refractivity contribution in [3.05, 3.63) is 38.6 Å². The maximum Gasteiger partial charge on any atom is 0.265 e. The molecule has 124 valence electrons. The van der Waals surface area contributed by atoms with Crippen molar-refractivity contribution in [2.24, 2.45) is 7.05 Å². The van der Waals surface area contributed by atoms with Crippen LogP contribution in [-0.4, -0.2) is 21.8 Å². The molecule has 0 saturated heterocycles. The van der Waals surface area contributed by atoms with Crippen LogP contribution in [0, 0.1) is 13.8 Å². The number of ether oxygens (including phenoxy) is 1. The third-order valence-electron chi connectivity index (χ3n) is 3.40. The summed E-state index contributed by atoms with van der Waals surface area (Å²) in [4.78, 5) is 12.3. The summed E-state index contributed by atoms with van der Waals surface area (Å²) in [6.45, 7) is 5.32. The second-order valence-corrected chi connectivity index (χ2v) is 6.34. The number of aromatic nitrogens is 2. The van der Waals surface area contributed by atoms with Crippen LogP contribution in [0.25, 0.3) is 0 Å². The van der Waals surface area contributed by atoms with Crippen LogP contribution in [0.15, 0.2) is 12.1 Å². The molecular formula is C15H16Cl3N3O2. The van der Waals surface area contributed by atoms with Crippen molar-refractivity contribution in [3.8, 4) is 5.75 Å². The fourth-order valence-electron chi connectivity index (χ4n) is 2.02. The summed E-state index contributed by atoms with van der Waals surface area (Å²) in [5, 5.41) is 7.98. The molecule has 1 N–H and O–H groups in total. The number of halogens is 3. The second kappa shape index (κ2) is 6.99. The molecule has 0 radical (unpaired) electrons.